The third kappa shape index (κ3) is 18.6. The minimum absolute atomic E-state index is 0.0393. The summed E-state index contributed by atoms with van der Waals surface area (Å²) >= 11 is 0. The summed E-state index contributed by atoms with van der Waals surface area (Å²) in [4.78, 5) is 78.4. The molecule has 2 amide bonds. The number of nitrogens with zero attached hydrogens (tertiary/aromatic N) is 3. The topological polar surface area (TPSA) is 230 Å². The number of nitrogens with one attached hydrogen (secondary N) is 1. The molecule has 0 fully saturated rings. The van der Waals surface area contributed by atoms with Crippen molar-refractivity contribution in [2.24, 2.45) is 17.0 Å². The maximum Gasteiger partial charge on any atom is 0.342 e. The van der Waals surface area contributed by atoms with Crippen molar-refractivity contribution in [2.75, 3.05) is 0 Å². The summed E-state index contributed by atoms with van der Waals surface area (Å²) in [5, 5.41) is 15.9. The average Bonchev–Trinajstić information content (AvgIpc) is 3.41. The second-order valence-corrected chi connectivity index (χ2v) is 25.6. The molecule has 0 spiro atoms. The molecule has 6 rings (SSSR count). The molecule has 2 N–H and O–H groups in total. The molecule has 412 valence electrons. The van der Waals surface area contributed by atoms with E-state index in [0.29, 0.717) is 53.7 Å². The first kappa shape index (κ1) is 60.8. The van der Waals surface area contributed by atoms with Crippen molar-refractivity contribution in [3.8, 4) is 11.5 Å². The average molecular weight is 1080 g/mol. The second kappa shape index (κ2) is 29.5. The molecule has 0 saturated carbocycles. The molecule has 4 aromatic rings. The van der Waals surface area contributed by atoms with Crippen LogP contribution in [-0.4, -0.2) is 73.5 Å². The van der Waals surface area contributed by atoms with Gasteiger partial charge < -0.3 is 33.8 Å². The molecular weight excluding hydrogens is 1010 g/mol. The Labute approximate surface area is 458 Å². The largest absolute Gasteiger partial charge is 0.543 e. The number of rotatable bonds is 12. The third-order valence-corrected chi connectivity index (χ3v) is 18.1. The minimum Gasteiger partial charge on any atom is -0.543 e. The Bertz CT molecular complexity index is 2890. The van der Waals surface area contributed by atoms with Crippen LogP contribution < -0.4 is 9.74 Å². The van der Waals surface area contributed by atoms with E-state index in [1.165, 1.54) is 25.3 Å². The Morgan fingerprint density at radius 1 is 0.718 bits per heavy atom. The number of hydrogen-bond acceptors (Lipinski definition) is 12. The summed E-state index contributed by atoms with van der Waals surface area (Å²) in [5.74, 6) is -2.89. The van der Waals surface area contributed by atoms with Gasteiger partial charge in [0.15, 0.2) is 0 Å². The number of phenolic OH excluding ortho intramolecular Hbond substituents is 1. The molecule has 17 heteroatoms. The highest BCUT2D eigenvalue weighted by molar-refractivity contribution is 6.74. The Kier molecular flexibility index (Phi) is 23.0. The number of allylic oxidation sites excluding steroid dienone is 4. The van der Waals surface area contributed by atoms with Crippen LogP contribution in [0.4, 0.5) is 0 Å². The quantitative estimate of drug-likeness (QED) is 0.0197. The summed E-state index contributed by atoms with van der Waals surface area (Å²) in [6.45, 7) is 16.0. The van der Waals surface area contributed by atoms with Gasteiger partial charge in [0.05, 0.1) is 11.1 Å². The zero-order valence-electron chi connectivity index (χ0n) is 45.8. The highest BCUT2D eigenvalue weighted by Crippen LogP contribution is 2.39. The molecule has 0 aromatic heterocycles. The summed E-state index contributed by atoms with van der Waals surface area (Å²) in [6.07, 6.45) is 14.4. The molecule has 6 atom stereocenters. The molecule has 0 saturated heterocycles. The number of phenols is 1. The smallest absolute Gasteiger partial charge is 0.342 e. The van der Waals surface area contributed by atoms with Gasteiger partial charge in [-0.3, -0.25) is 9.59 Å². The number of ether oxygens (including phenoxy) is 4. The fraction of sp³-hybridized carbons (Fsp3) is 0.377. The van der Waals surface area contributed by atoms with Crippen molar-refractivity contribution >= 4 is 44.0 Å². The normalized spacial score (nSPS) is 21.0. The van der Waals surface area contributed by atoms with E-state index >= 15 is 0 Å². The number of hydrogen-bond donors (Lipinski definition) is 2. The highest BCUT2D eigenvalue weighted by Gasteiger charge is 2.40. The minimum atomic E-state index is -2.31. The first-order valence-corrected chi connectivity index (χ1v) is 29.1. The van der Waals surface area contributed by atoms with Crippen molar-refractivity contribution in [1.82, 2.24) is 5.32 Å². The summed E-state index contributed by atoms with van der Waals surface area (Å²) < 4.78 is 30.4. The maximum atomic E-state index is 13.9. The predicted octanol–water partition coefficient (Wildman–Crippen LogP) is 12.8. The molecule has 2 aliphatic heterocycles. The van der Waals surface area contributed by atoms with Gasteiger partial charge in [-0.05, 0) is 126 Å². The zero-order valence-corrected chi connectivity index (χ0v) is 46.8. The first-order valence-electron chi connectivity index (χ1n) is 26.2. The number of azide groups is 1. The molecule has 2 aliphatic rings. The monoisotopic (exact) mass is 1080 g/mol. The molecule has 16 nitrogen and oxygen atoms in total. The number of carbonyl (C=O) groups is 6. The lowest BCUT2D eigenvalue weighted by molar-refractivity contribution is -0.118. The van der Waals surface area contributed by atoms with Crippen molar-refractivity contribution in [2.45, 2.75) is 135 Å². The summed E-state index contributed by atoms with van der Waals surface area (Å²) in [7, 11) is -2.31. The van der Waals surface area contributed by atoms with Crippen molar-refractivity contribution < 1.29 is 57.2 Å². The Balaban J connectivity index is 0.000000293. The first-order chi connectivity index (χ1) is 37.2. The molecule has 2 heterocycles. The number of benzene rings is 4. The Morgan fingerprint density at radius 3 is 1.71 bits per heavy atom. The van der Waals surface area contributed by atoms with E-state index in [1.807, 2.05) is 62.4 Å². The predicted molar refractivity (Wildman–Crippen MR) is 300 cm³/mol. The van der Waals surface area contributed by atoms with Gasteiger partial charge in [-0.15, -0.1) is 0 Å². The number of esters is 4. The van der Waals surface area contributed by atoms with Gasteiger partial charge in [0, 0.05) is 37.5 Å². The fourth-order valence-electron chi connectivity index (χ4n) is 8.30. The molecule has 78 heavy (non-hydrogen) atoms. The van der Waals surface area contributed by atoms with Crippen LogP contribution in [0.5, 0.6) is 11.5 Å². The Hall–Kier alpha value is -8.01. The van der Waals surface area contributed by atoms with Crippen LogP contribution in [0.15, 0.2) is 151 Å². The van der Waals surface area contributed by atoms with Gasteiger partial charge in [0.25, 0.3) is 8.32 Å². The molecule has 2 unspecified atom stereocenters. The van der Waals surface area contributed by atoms with Gasteiger partial charge in [-0.1, -0.05) is 132 Å². The summed E-state index contributed by atoms with van der Waals surface area (Å²) in [5.41, 5.74) is 11.4. The molecule has 4 aromatic carbocycles. The van der Waals surface area contributed by atoms with E-state index in [9.17, 15) is 33.9 Å². The SMILES string of the molecule is CC(=O)N/C=C/CC1C[C@@H](OC(=O)c2ccccc2)[C@@H](C)C/C=C/Cc2cccc(O)c2C(=O)O1.C[C@H]1C/C=C/Cc2cccc(O[Si](C)(C)C(C)(C)C)c2C(=O)OC(C/C=C/C(=O)N=[N+]=[N-])C[C@H]1OC(=O)c1ccccc1. The molecule has 0 radical (unpaired) electrons. The van der Waals surface area contributed by atoms with Crippen LogP contribution in [0.2, 0.25) is 18.1 Å². The van der Waals surface area contributed by atoms with E-state index in [-0.39, 0.29) is 59.8 Å². The lowest BCUT2D eigenvalue weighted by Gasteiger charge is -2.37. The van der Waals surface area contributed by atoms with Crippen LogP contribution >= 0.6 is 0 Å². The lowest BCUT2D eigenvalue weighted by atomic mass is 9.93. The zero-order chi connectivity index (χ0) is 56.8. The fourth-order valence-corrected chi connectivity index (χ4v) is 9.33. The maximum absolute atomic E-state index is 13.9. The highest BCUT2D eigenvalue weighted by atomic mass is 28.4. The number of carbonyl (C=O) groups excluding carboxylic acids is 6. The van der Waals surface area contributed by atoms with Crippen LogP contribution in [0.25, 0.3) is 10.4 Å². The van der Waals surface area contributed by atoms with E-state index in [2.05, 4.69) is 49.2 Å². The van der Waals surface area contributed by atoms with Crippen molar-refractivity contribution in [3.05, 3.63) is 190 Å². The van der Waals surface area contributed by atoms with Gasteiger partial charge in [-0.2, -0.15) is 0 Å². The number of amides is 2. The lowest BCUT2D eigenvalue weighted by Crippen LogP contribution is -2.44. The molecule has 0 bridgehead atoms. The molecule has 0 aliphatic carbocycles. The van der Waals surface area contributed by atoms with E-state index in [1.54, 1.807) is 72.8 Å². The Morgan fingerprint density at radius 2 is 1.21 bits per heavy atom. The number of aromatic hydroxyl groups is 1. The number of fused-ring (bicyclic) bond motifs is 2. The second-order valence-electron chi connectivity index (χ2n) is 20.9. The van der Waals surface area contributed by atoms with Gasteiger partial charge >= 0.3 is 23.9 Å². The van der Waals surface area contributed by atoms with Gasteiger partial charge in [0.2, 0.25) is 11.8 Å². The molecular formula is C61H72N4O12Si. The van der Waals surface area contributed by atoms with E-state index < -0.39 is 62.5 Å². The van der Waals surface area contributed by atoms with Crippen molar-refractivity contribution in [1.29, 1.82) is 0 Å². The van der Waals surface area contributed by atoms with E-state index in [0.717, 1.165) is 11.6 Å². The summed E-state index contributed by atoms with van der Waals surface area (Å²) in [6, 6.07) is 28.0. The van der Waals surface area contributed by atoms with Crippen molar-refractivity contribution in [3.63, 3.8) is 0 Å². The van der Waals surface area contributed by atoms with Gasteiger partial charge in [-0.25, -0.2) is 19.2 Å². The standard InChI is InChI=1S/C33H41N3O6Si.C28H31NO6/c1-23-14-10-11-15-24-18-12-20-27(42-43(5,6)33(2,3)4)30(24)32(39)40-26(19-13-21-29(37)35-36-34)22-28(23)41-31(38)25-16-8-7-9-17-25;1-19-10-6-7-11-21-14-8-16-24(31)26(21)28(33)34-23(15-9-17-29-20(2)30)18-25(19)35-27(32)22-12-4-3-5-13-22/h7-13,16-18,20-21,23,26,28H,14-15,19,22H2,1-6H3;3-9,12-14,16-17,19,23,25,31H,10-11,15,18H2,1-2H3,(H,29,30)/b11-10+,21-13+;7-6+,17-9+/t23-,26?,28+;19-,23?,25+/m00/s1. The van der Waals surface area contributed by atoms with E-state index in [4.69, 9.17) is 28.9 Å². The van der Waals surface area contributed by atoms with Crippen LogP contribution in [0.1, 0.15) is 133 Å². The van der Waals surface area contributed by atoms with Crippen LogP contribution in [0, 0.1) is 11.8 Å². The van der Waals surface area contributed by atoms with Gasteiger partial charge in [0.1, 0.15) is 47.0 Å². The van der Waals surface area contributed by atoms with Crippen LogP contribution in [0.3, 0.4) is 0 Å². The number of cyclic esters (lactones) is 2. The van der Waals surface area contributed by atoms with Crippen LogP contribution in [-0.2, 0) is 41.4 Å². The third-order valence-electron chi connectivity index (χ3n) is 13.8.